The van der Waals surface area contributed by atoms with Crippen LogP contribution in [0.4, 0.5) is 5.69 Å². The van der Waals surface area contributed by atoms with Crippen LogP contribution in [-0.2, 0) is 6.54 Å². The first-order valence-corrected chi connectivity index (χ1v) is 5.57. The van der Waals surface area contributed by atoms with E-state index in [0.29, 0.717) is 17.9 Å². The Morgan fingerprint density at radius 1 is 1.28 bits per heavy atom. The first-order chi connectivity index (χ1) is 8.66. The summed E-state index contributed by atoms with van der Waals surface area (Å²) >= 11 is 0. The number of benzene rings is 1. The third-order valence-electron chi connectivity index (χ3n) is 2.51. The lowest BCUT2D eigenvalue weighted by molar-refractivity contribution is 0.0945. The Morgan fingerprint density at radius 2 is 2.06 bits per heavy atom. The van der Waals surface area contributed by atoms with Crippen LogP contribution in [0.5, 0.6) is 0 Å². The van der Waals surface area contributed by atoms with Crippen molar-refractivity contribution in [1.29, 1.82) is 0 Å². The molecule has 0 aliphatic rings. The lowest BCUT2D eigenvalue weighted by Crippen LogP contribution is -2.24. The highest BCUT2D eigenvalue weighted by Crippen LogP contribution is 2.09. The minimum absolute atomic E-state index is 0.259. The average Bonchev–Trinajstić information content (AvgIpc) is 2.38. The Kier molecular flexibility index (Phi) is 3.52. The van der Waals surface area contributed by atoms with Crippen molar-refractivity contribution in [2.75, 3.05) is 5.73 Å². The SMILES string of the molecule is Cc1cnc(C(=O)NCc2ccccc2N)cn1. The molecule has 2 aromatic rings. The molecule has 0 bridgehead atoms. The number of hydrogen-bond acceptors (Lipinski definition) is 4. The third-order valence-corrected chi connectivity index (χ3v) is 2.51. The van der Waals surface area contributed by atoms with Crippen LogP contribution >= 0.6 is 0 Å². The molecule has 18 heavy (non-hydrogen) atoms. The molecule has 0 aliphatic carbocycles. The number of nitrogens with two attached hydrogens (primary N) is 1. The zero-order chi connectivity index (χ0) is 13.0. The number of rotatable bonds is 3. The van der Waals surface area contributed by atoms with Crippen molar-refractivity contribution in [2.45, 2.75) is 13.5 Å². The molecular weight excluding hydrogens is 228 g/mol. The van der Waals surface area contributed by atoms with Gasteiger partial charge in [-0.3, -0.25) is 9.78 Å². The van der Waals surface area contributed by atoms with Crippen LogP contribution in [0.2, 0.25) is 0 Å². The van der Waals surface area contributed by atoms with Gasteiger partial charge in [-0.05, 0) is 18.6 Å². The summed E-state index contributed by atoms with van der Waals surface area (Å²) < 4.78 is 0. The monoisotopic (exact) mass is 242 g/mol. The summed E-state index contributed by atoms with van der Waals surface area (Å²) in [6.45, 7) is 2.19. The van der Waals surface area contributed by atoms with Crippen LogP contribution < -0.4 is 11.1 Å². The summed E-state index contributed by atoms with van der Waals surface area (Å²) in [5, 5.41) is 2.75. The van der Waals surface area contributed by atoms with Gasteiger partial charge in [-0.1, -0.05) is 18.2 Å². The molecule has 1 amide bonds. The predicted molar refractivity (Wildman–Crippen MR) is 68.8 cm³/mol. The van der Waals surface area contributed by atoms with E-state index in [-0.39, 0.29) is 5.91 Å². The largest absolute Gasteiger partial charge is 0.398 e. The first kappa shape index (κ1) is 12.0. The molecule has 1 aromatic carbocycles. The lowest BCUT2D eigenvalue weighted by Gasteiger charge is -2.07. The second-order valence-corrected chi connectivity index (χ2v) is 3.92. The van der Waals surface area contributed by atoms with Crippen molar-refractivity contribution in [3.05, 3.63) is 53.6 Å². The molecule has 1 heterocycles. The molecule has 0 aliphatic heterocycles. The van der Waals surface area contributed by atoms with Gasteiger partial charge in [-0.25, -0.2) is 4.98 Å². The maximum atomic E-state index is 11.8. The molecule has 1 aromatic heterocycles. The number of aromatic nitrogens is 2. The van der Waals surface area contributed by atoms with Crippen LogP contribution in [-0.4, -0.2) is 15.9 Å². The number of nitrogens with zero attached hydrogens (tertiary/aromatic N) is 2. The molecule has 0 radical (unpaired) electrons. The molecule has 92 valence electrons. The van der Waals surface area contributed by atoms with E-state index < -0.39 is 0 Å². The van der Waals surface area contributed by atoms with Crippen LogP contribution in [0, 0.1) is 6.92 Å². The summed E-state index contributed by atoms with van der Waals surface area (Å²) in [6.07, 6.45) is 3.02. The number of hydrogen-bond donors (Lipinski definition) is 2. The van der Waals surface area contributed by atoms with Gasteiger partial charge >= 0.3 is 0 Å². The van der Waals surface area contributed by atoms with Gasteiger partial charge in [0.15, 0.2) is 0 Å². The molecule has 0 saturated carbocycles. The number of amides is 1. The minimum Gasteiger partial charge on any atom is -0.398 e. The zero-order valence-electron chi connectivity index (χ0n) is 10.1. The maximum absolute atomic E-state index is 11.8. The summed E-state index contributed by atoms with van der Waals surface area (Å²) in [4.78, 5) is 19.8. The highest BCUT2D eigenvalue weighted by molar-refractivity contribution is 5.91. The second-order valence-electron chi connectivity index (χ2n) is 3.92. The highest BCUT2D eigenvalue weighted by atomic mass is 16.1. The zero-order valence-corrected chi connectivity index (χ0v) is 10.1. The van der Waals surface area contributed by atoms with Crippen LogP contribution in [0.3, 0.4) is 0 Å². The average molecular weight is 242 g/mol. The number of nitrogen functional groups attached to an aromatic ring is 1. The van der Waals surface area contributed by atoms with Crippen molar-refractivity contribution in [1.82, 2.24) is 15.3 Å². The van der Waals surface area contributed by atoms with E-state index in [1.165, 1.54) is 6.20 Å². The fraction of sp³-hybridized carbons (Fsp3) is 0.154. The molecule has 0 unspecified atom stereocenters. The van der Waals surface area contributed by atoms with E-state index in [1.807, 2.05) is 25.1 Å². The van der Waals surface area contributed by atoms with Crippen molar-refractivity contribution in [3.8, 4) is 0 Å². The Morgan fingerprint density at radius 3 is 2.72 bits per heavy atom. The lowest BCUT2D eigenvalue weighted by atomic mass is 10.2. The van der Waals surface area contributed by atoms with Crippen molar-refractivity contribution < 1.29 is 4.79 Å². The second kappa shape index (κ2) is 5.27. The van der Waals surface area contributed by atoms with Crippen LogP contribution in [0.15, 0.2) is 36.7 Å². The highest BCUT2D eigenvalue weighted by Gasteiger charge is 2.07. The van der Waals surface area contributed by atoms with Gasteiger partial charge in [-0.2, -0.15) is 0 Å². The quantitative estimate of drug-likeness (QED) is 0.795. The summed E-state index contributed by atoms with van der Waals surface area (Å²) in [5.74, 6) is -0.259. The Hall–Kier alpha value is -2.43. The molecule has 2 rings (SSSR count). The molecule has 5 nitrogen and oxygen atoms in total. The van der Waals surface area contributed by atoms with Crippen molar-refractivity contribution in [3.63, 3.8) is 0 Å². The third kappa shape index (κ3) is 2.82. The van der Waals surface area contributed by atoms with E-state index in [9.17, 15) is 4.79 Å². The fourth-order valence-electron chi connectivity index (χ4n) is 1.47. The molecule has 3 N–H and O–H groups in total. The van der Waals surface area contributed by atoms with E-state index in [0.717, 1.165) is 11.3 Å². The minimum atomic E-state index is -0.259. The Labute approximate surface area is 105 Å². The maximum Gasteiger partial charge on any atom is 0.271 e. The van der Waals surface area contributed by atoms with Crippen molar-refractivity contribution in [2.24, 2.45) is 0 Å². The normalized spacial score (nSPS) is 10.1. The molecular formula is C13H14N4O. The van der Waals surface area contributed by atoms with Gasteiger partial charge in [0.2, 0.25) is 0 Å². The van der Waals surface area contributed by atoms with E-state index in [1.54, 1.807) is 12.3 Å². The van der Waals surface area contributed by atoms with E-state index >= 15 is 0 Å². The summed E-state index contributed by atoms with van der Waals surface area (Å²) in [5.41, 5.74) is 8.40. The molecule has 0 spiro atoms. The smallest absolute Gasteiger partial charge is 0.271 e. The number of carbonyl (C=O) groups is 1. The molecule has 0 atom stereocenters. The molecule has 5 heteroatoms. The van der Waals surface area contributed by atoms with E-state index in [4.69, 9.17) is 5.73 Å². The fourth-order valence-corrected chi connectivity index (χ4v) is 1.47. The predicted octanol–water partition coefficient (Wildman–Crippen LogP) is 1.30. The van der Waals surface area contributed by atoms with E-state index in [2.05, 4.69) is 15.3 Å². The van der Waals surface area contributed by atoms with Gasteiger partial charge in [-0.15, -0.1) is 0 Å². The Balaban J connectivity index is 2.01. The number of aryl methyl sites for hydroxylation is 1. The topological polar surface area (TPSA) is 80.9 Å². The number of nitrogens with one attached hydrogen (secondary N) is 1. The van der Waals surface area contributed by atoms with Crippen molar-refractivity contribution >= 4 is 11.6 Å². The van der Waals surface area contributed by atoms with Crippen LogP contribution in [0.1, 0.15) is 21.7 Å². The standard InChI is InChI=1S/C13H14N4O/c1-9-6-16-12(8-15-9)13(18)17-7-10-4-2-3-5-11(10)14/h2-6,8H,7,14H2,1H3,(H,17,18). The number of carbonyl (C=O) groups excluding carboxylic acids is 1. The van der Waals surface area contributed by atoms with Gasteiger partial charge in [0.1, 0.15) is 5.69 Å². The van der Waals surface area contributed by atoms with Gasteiger partial charge in [0.25, 0.3) is 5.91 Å². The molecule has 0 fully saturated rings. The number of anilines is 1. The summed E-state index contributed by atoms with van der Waals surface area (Å²) in [6, 6.07) is 7.40. The first-order valence-electron chi connectivity index (χ1n) is 5.57. The molecule has 0 saturated heterocycles. The van der Waals surface area contributed by atoms with Gasteiger partial charge in [0, 0.05) is 18.4 Å². The summed E-state index contributed by atoms with van der Waals surface area (Å²) in [7, 11) is 0. The van der Waals surface area contributed by atoms with Gasteiger partial charge < -0.3 is 11.1 Å². The van der Waals surface area contributed by atoms with Crippen LogP contribution in [0.25, 0.3) is 0 Å². The van der Waals surface area contributed by atoms with Gasteiger partial charge in [0.05, 0.1) is 11.9 Å². The Bertz CT molecular complexity index is 551. The number of para-hydroxylation sites is 1.